The molecule has 2 bridgehead atoms. The number of anilines is 1. The SMILES string of the molecule is COc1cc2cc(c1C)N(C)C(=O)C[C@H](OC)C(C)(C)C(O)CC(C)C[C@@](O)(NC(C)=O)[C@H](OC)/C=C/C=C(\C)C2. The summed E-state index contributed by atoms with van der Waals surface area (Å²) >= 11 is 0. The summed E-state index contributed by atoms with van der Waals surface area (Å²) in [6.07, 6.45) is 4.25. The van der Waals surface area contributed by atoms with Crippen molar-refractivity contribution < 1.29 is 34.0 Å². The fourth-order valence-corrected chi connectivity index (χ4v) is 5.66. The molecule has 230 valence electrons. The maximum Gasteiger partial charge on any atom is 0.229 e. The van der Waals surface area contributed by atoms with E-state index >= 15 is 0 Å². The van der Waals surface area contributed by atoms with Gasteiger partial charge in [-0.3, -0.25) is 9.59 Å². The van der Waals surface area contributed by atoms with Crippen LogP contribution in [0.1, 0.15) is 65.0 Å². The highest BCUT2D eigenvalue weighted by atomic mass is 16.5. The number of carbonyl (C=O) groups is 2. The number of benzene rings is 1. The molecule has 0 aliphatic carbocycles. The van der Waals surface area contributed by atoms with E-state index in [0.29, 0.717) is 18.6 Å². The number of aliphatic hydroxyl groups is 2. The predicted octanol–water partition coefficient (Wildman–Crippen LogP) is 4.07. The van der Waals surface area contributed by atoms with Crippen LogP contribution >= 0.6 is 0 Å². The molecule has 2 rings (SSSR count). The van der Waals surface area contributed by atoms with Crippen molar-refractivity contribution in [2.45, 2.75) is 91.3 Å². The maximum absolute atomic E-state index is 13.6. The number of nitrogens with zero attached hydrogens (tertiary/aromatic N) is 1. The van der Waals surface area contributed by atoms with Crippen molar-refractivity contribution >= 4 is 17.5 Å². The van der Waals surface area contributed by atoms with Crippen molar-refractivity contribution in [1.29, 1.82) is 0 Å². The summed E-state index contributed by atoms with van der Waals surface area (Å²) in [5.41, 5.74) is 1.08. The lowest BCUT2D eigenvalue weighted by atomic mass is 9.75. The summed E-state index contributed by atoms with van der Waals surface area (Å²) in [5, 5.41) is 25.7. The molecule has 3 N–H and O–H groups in total. The first-order valence-corrected chi connectivity index (χ1v) is 14.1. The summed E-state index contributed by atoms with van der Waals surface area (Å²) in [6, 6.07) is 3.95. The molecule has 1 aliphatic heterocycles. The van der Waals surface area contributed by atoms with Crippen molar-refractivity contribution in [3.63, 3.8) is 0 Å². The van der Waals surface area contributed by atoms with Crippen LogP contribution in [-0.2, 0) is 25.5 Å². The molecular weight excluding hydrogens is 524 g/mol. The van der Waals surface area contributed by atoms with Gasteiger partial charge in [0.25, 0.3) is 0 Å². The van der Waals surface area contributed by atoms with Gasteiger partial charge in [-0.15, -0.1) is 0 Å². The molecule has 1 aromatic carbocycles. The third-order valence-electron chi connectivity index (χ3n) is 8.23. The summed E-state index contributed by atoms with van der Waals surface area (Å²) < 4.78 is 17.1. The van der Waals surface area contributed by atoms with Gasteiger partial charge >= 0.3 is 0 Å². The molecule has 0 spiro atoms. The highest BCUT2D eigenvalue weighted by Gasteiger charge is 2.42. The average molecular weight is 575 g/mol. The summed E-state index contributed by atoms with van der Waals surface area (Å²) in [4.78, 5) is 27.3. The fourth-order valence-electron chi connectivity index (χ4n) is 5.66. The minimum atomic E-state index is -1.70. The van der Waals surface area contributed by atoms with Crippen LogP contribution in [0.4, 0.5) is 5.69 Å². The molecule has 0 saturated carbocycles. The normalized spacial score (nSPS) is 30.3. The molecule has 41 heavy (non-hydrogen) atoms. The minimum Gasteiger partial charge on any atom is -0.496 e. The van der Waals surface area contributed by atoms with E-state index in [1.54, 1.807) is 38.3 Å². The topological polar surface area (TPSA) is 118 Å². The summed E-state index contributed by atoms with van der Waals surface area (Å²) in [5.74, 6) is -0.0888. The van der Waals surface area contributed by atoms with Crippen LogP contribution in [0, 0.1) is 18.3 Å². The molecule has 1 aromatic rings. The van der Waals surface area contributed by atoms with Crippen LogP contribution < -0.4 is 15.0 Å². The van der Waals surface area contributed by atoms with Gasteiger partial charge in [-0.2, -0.15) is 0 Å². The van der Waals surface area contributed by atoms with Crippen molar-refractivity contribution in [1.82, 2.24) is 5.32 Å². The fraction of sp³-hybridized carbons (Fsp3) is 0.625. The standard InChI is InChI=1S/C32H50N2O7/c1-20-12-11-13-28(40-9)32(38,33-23(4)35)19-21(2)15-27(36)31(5,6)29(41-10)18-30(37)34(7)25-16-24(14-20)17-26(39-8)22(25)3/h11-13,16-17,21,27-29,36,38H,14-15,18-19H2,1-10H3,(H,33,35)/b13-11+,20-12+/t21?,27?,28-,29+,32+/m1/s1. The lowest BCUT2D eigenvalue weighted by Crippen LogP contribution is -2.57. The van der Waals surface area contributed by atoms with Gasteiger partial charge in [-0.1, -0.05) is 44.6 Å². The maximum atomic E-state index is 13.6. The van der Waals surface area contributed by atoms with E-state index in [0.717, 1.165) is 22.4 Å². The van der Waals surface area contributed by atoms with E-state index < -0.39 is 35.4 Å². The zero-order chi connectivity index (χ0) is 31.1. The largest absolute Gasteiger partial charge is 0.496 e. The van der Waals surface area contributed by atoms with E-state index in [1.807, 2.05) is 52.8 Å². The Morgan fingerprint density at radius 2 is 1.80 bits per heavy atom. The molecule has 5 atom stereocenters. The quantitative estimate of drug-likeness (QED) is 0.464. The first-order chi connectivity index (χ1) is 19.1. The van der Waals surface area contributed by atoms with Crippen molar-refractivity contribution in [3.05, 3.63) is 47.1 Å². The first-order valence-electron chi connectivity index (χ1n) is 14.1. The smallest absolute Gasteiger partial charge is 0.229 e. The zero-order valence-corrected chi connectivity index (χ0v) is 26.4. The second kappa shape index (κ2) is 14.4. The highest BCUT2D eigenvalue weighted by molar-refractivity contribution is 5.94. The number of allylic oxidation sites excluding steroid dienone is 3. The lowest BCUT2D eigenvalue weighted by Gasteiger charge is -2.40. The van der Waals surface area contributed by atoms with E-state index in [9.17, 15) is 19.8 Å². The number of hydrogen-bond acceptors (Lipinski definition) is 7. The Morgan fingerprint density at radius 3 is 2.37 bits per heavy atom. The number of ether oxygens (including phenoxy) is 3. The lowest BCUT2D eigenvalue weighted by molar-refractivity contribution is -0.142. The third-order valence-corrected chi connectivity index (χ3v) is 8.23. The van der Waals surface area contributed by atoms with E-state index in [-0.39, 0.29) is 24.7 Å². The number of amides is 2. The van der Waals surface area contributed by atoms with Gasteiger partial charge < -0.3 is 34.6 Å². The number of rotatable bonds is 4. The van der Waals surface area contributed by atoms with Crippen molar-refractivity contribution in [2.75, 3.05) is 33.3 Å². The van der Waals surface area contributed by atoms with E-state index in [2.05, 4.69) is 5.32 Å². The number of fused-ring (bicyclic) bond motifs is 2. The van der Waals surface area contributed by atoms with Gasteiger partial charge in [0.2, 0.25) is 11.8 Å². The third kappa shape index (κ3) is 8.64. The Bertz CT molecular complexity index is 1130. The van der Waals surface area contributed by atoms with Crippen LogP contribution in [0.25, 0.3) is 0 Å². The Labute approximate surface area is 245 Å². The Kier molecular flexibility index (Phi) is 12.1. The first kappa shape index (κ1) is 34.5. The van der Waals surface area contributed by atoms with Crippen molar-refractivity contribution in [2.24, 2.45) is 11.3 Å². The van der Waals surface area contributed by atoms with Crippen LogP contribution in [0.3, 0.4) is 0 Å². The molecule has 1 heterocycles. The van der Waals surface area contributed by atoms with E-state index in [4.69, 9.17) is 14.2 Å². The molecule has 9 heteroatoms. The Hall–Kier alpha value is -2.72. The van der Waals surface area contributed by atoms with Gasteiger partial charge in [-0.05, 0) is 50.3 Å². The van der Waals surface area contributed by atoms with Crippen LogP contribution in [0.15, 0.2) is 35.9 Å². The molecule has 0 saturated heterocycles. The second-order valence-corrected chi connectivity index (χ2v) is 12.0. The molecule has 9 nitrogen and oxygen atoms in total. The monoisotopic (exact) mass is 574 g/mol. The average Bonchev–Trinajstić information content (AvgIpc) is 2.88. The molecule has 2 unspecified atom stereocenters. The summed E-state index contributed by atoms with van der Waals surface area (Å²) in [7, 11) is 6.37. The number of carbonyl (C=O) groups excluding carboxylic acids is 2. The van der Waals surface area contributed by atoms with E-state index in [1.165, 1.54) is 14.0 Å². The van der Waals surface area contributed by atoms with Gasteiger partial charge in [-0.25, -0.2) is 0 Å². The number of hydrogen-bond donors (Lipinski definition) is 3. The minimum absolute atomic E-state index is 0.0574. The summed E-state index contributed by atoms with van der Waals surface area (Å²) in [6.45, 7) is 10.9. The molecule has 1 aliphatic rings. The Morgan fingerprint density at radius 1 is 1.15 bits per heavy atom. The van der Waals surface area contributed by atoms with Crippen LogP contribution in [0.2, 0.25) is 0 Å². The van der Waals surface area contributed by atoms with Gasteiger partial charge in [0.05, 0.1) is 31.4 Å². The predicted molar refractivity (Wildman–Crippen MR) is 161 cm³/mol. The molecule has 2 amide bonds. The molecule has 0 radical (unpaired) electrons. The number of methoxy groups -OCH3 is 3. The zero-order valence-electron chi connectivity index (χ0n) is 26.4. The van der Waals surface area contributed by atoms with Crippen molar-refractivity contribution in [3.8, 4) is 5.75 Å². The molecular formula is C32H50N2O7. The highest BCUT2D eigenvalue weighted by Crippen LogP contribution is 2.37. The van der Waals surface area contributed by atoms with Gasteiger partial charge in [0.1, 0.15) is 11.9 Å². The molecule has 0 aromatic heterocycles. The number of aliphatic hydroxyl groups excluding tert-OH is 1. The Balaban J connectivity index is 2.66. The molecule has 0 fully saturated rings. The van der Waals surface area contributed by atoms with Gasteiger partial charge in [0, 0.05) is 45.6 Å². The second-order valence-electron chi connectivity index (χ2n) is 12.0. The van der Waals surface area contributed by atoms with Crippen LogP contribution in [-0.4, -0.2) is 74.4 Å². The van der Waals surface area contributed by atoms with Crippen LogP contribution in [0.5, 0.6) is 5.75 Å². The number of nitrogens with one attached hydrogen (secondary N) is 1. The van der Waals surface area contributed by atoms with Gasteiger partial charge in [0.15, 0.2) is 5.72 Å².